The van der Waals surface area contributed by atoms with E-state index in [1.54, 1.807) is 0 Å². The summed E-state index contributed by atoms with van der Waals surface area (Å²) in [6.45, 7) is 30.5. The number of fused-ring (bicyclic) bond motifs is 1. The van der Waals surface area contributed by atoms with Crippen molar-refractivity contribution in [2.24, 2.45) is 0 Å². The maximum absolute atomic E-state index is 13.3. The van der Waals surface area contributed by atoms with E-state index in [9.17, 15) is 4.79 Å². The average molecular weight is 556 g/mol. The third-order valence-electron chi connectivity index (χ3n) is 9.41. The summed E-state index contributed by atoms with van der Waals surface area (Å²) in [5, 5.41) is 0. The molecule has 220 valence electrons. The molecule has 0 saturated carbocycles. The number of benzene rings is 1. The van der Waals surface area contributed by atoms with Crippen molar-refractivity contribution in [3.63, 3.8) is 0 Å². The Morgan fingerprint density at radius 1 is 0.795 bits per heavy atom. The number of hydrogen-bond acceptors (Lipinski definition) is 3. The molecule has 0 aliphatic carbocycles. The molecule has 3 rings (SSSR count). The molecule has 0 spiro atoms. The van der Waals surface area contributed by atoms with E-state index < -0.39 is 8.32 Å². The van der Waals surface area contributed by atoms with E-state index in [1.807, 2.05) is 4.90 Å². The molecule has 1 saturated heterocycles. The average Bonchev–Trinajstić information content (AvgIpc) is 3.16. The fourth-order valence-electron chi connectivity index (χ4n) is 7.50. The van der Waals surface area contributed by atoms with Gasteiger partial charge in [-0.3, -0.25) is 4.79 Å². The number of nitrogens with zero attached hydrogens (tertiary/aromatic N) is 1. The zero-order valence-electron chi connectivity index (χ0n) is 27.2. The highest BCUT2D eigenvalue weighted by molar-refractivity contribution is 6.77. The van der Waals surface area contributed by atoms with Crippen LogP contribution in [0.25, 0.3) is 0 Å². The van der Waals surface area contributed by atoms with E-state index in [0.29, 0.717) is 47.3 Å². The first kappa shape index (κ1) is 32.1. The maximum Gasteiger partial charge on any atom is 0.225 e. The van der Waals surface area contributed by atoms with E-state index in [1.165, 1.54) is 22.3 Å². The summed E-state index contributed by atoms with van der Waals surface area (Å²) in [4.78, 5) is 15.3. The lowest BCUT2D eigenvalue weighted by Gasteiger charge is -2.47. The third kappa shape index (κ3) is 6.26. The lowest BCUT2D eigenvalue weighted by molar-refractivity contribution is -0.129. The number of amides is 1. The van der Waals surface area contributed by atoms with Crippen molar-refractivity contribution >= 4 is 14.2 Å². The summed E-state index contributed by atoms with van der Waals surface area (Å²) in [6, 6.07) is 4.71. The van der Waals surface area contributed by atoms with Crippen LogP contribution in [0.5, 0.6) is 0 Å². The molecule has 2 aliphatic rings. The van der Waals surface area contributed by atoms with Gasteiger partial charge in [0, 0.05) is 6.54 Å². The van der Waals surface area contributed by atoms with Crippen molar-refractivity contribution in [1.82, 2.24) is 4.90 Å². The van der Waals surface area contributed by atoms with Gasteiger partial charge >= 0.3 is 0 Å². The lowest BCUT2D eigenvalue weighted by atomic mass is 9.82. The van der Waals surface area contributed by atoms with Crippen LogP contribution in [0.1, 0.15) is 143 Å². The lowest BCUT2D eigenvalue weighted by Crippen LogP contribution is -2.57. The van der Waals surface area contributed by atoms with E-state index in [2.05, 4.69) is 114 Å². The normalized spacial score (nSPS) is 22.9. The molecule has 0 N–H and O–H groups in total. The standard InChI is InChI=1S/C34H57NO3Si/c1-20(2)27-17-28(21(3)4)33(29(18-27)22(5)6)26(13)37-31-19-32(36)35-16-14-15-30(34(31)35)38-39(23(7)8,24(9)10)25(11)12/h14-15,17-18,20-26,30-31,34H,16,19H2,1-13H3/t26-,30+,31+,34+/m1/s1. The van der Waals surface area contributed by atoms with E-state index >= 15 is 0 Å². The van der Waals surface area contributed by atoms with Gasteiger partial charge in [0.15, 0.2) is 0 Å². The molecular weight excluding hydrogens is 498 g/mol. The first-order chi connectivity index (χ1) is 18.1. The Hall–Kier alpha value is -1.43. The first-order valence-electron chi connectivity index (χ1n) is 15.6. The van der Waals surface area contributed by atoms with Gasteiger partial charge in [-0.2, -0.15) is 0 Å². The number of ether oxygens (including phenoxy) is 1. The predicted molar refractivity (Wildman–Crippen MR) is 167 cm³/mol. The highest BCUT2D eigenvalue weighted by Crippen LogP contribution is 2.46. The Morgan fingerprint density at radius 2 is 1.31 bits per heavy atom. The van der Waals surface area contributed by atoms with Crippen molar-refractivity contribution in [1.29, 1.82) is 0 Å². The molecule has 1 amide bonds. The molecule has 1 fully saturated rings. The highest BCUT2D eigenvalue weighted by Gasteiger charge is 2.52. The second-order valence-corrected chi connectivity index (χ2v) is 19.4. The van der Waals surface area contributed by atoms with Crippen molar-refractivity contribution in [3.8, 4) is 0 Å². The monoisotopic (exact) mass is 555 g/mol. The molecule has 0 aromatic heterocycles. The Kier molecular flexibility index (Phi) is 10.4. The van der Waals surface area contributed by atoms with Gasteiger partial charge in [-0.1, -0.05) is 107 Å². The molecule has 2 aliphatic heterocycles. The second-order valence-electron chi connectivity index (χ2n) is 14.0. The van der Waals surface area contributed by atoms with Gasteiger partial charge in [-0.25, -0.2) is 0 Å². The molecule has 0 bridgehead atoms. The minimum absolute atomic E-state index is 0.0759. The molecule has 0 radical (unpaired) electrons. The van der Waals surface area contributed by atoms with Gasteiger partial charge in [-0.15, -0.1) is 0 Å². The fourth-order valence-corrected chi connectivity index (χ4v) is 13.0. The SMILES string of the molecule is CC(C)c1cc(C(C)C)c([C@@H](C)O[C@H]2CC(=O)N3CC=C[C@H](O[Si](C(C)C)(C(C)C)C(C)C)[C@@H]23)c(C(C)C)c1. The molecule has 5 heteroatoms. The van der Waals surface area contributed by atoms with Gasteiger partial charge in [0.2, 0.25) is 14.2 Å². The molecule has 4 nitrogen and oxygen atoms in total. The Labute approximate surface area is 241 Å². The summed E-state index contributed by atoms with van der Waals surface area (Å²) in [5.74, 6) is 1.45. The number of hydrogen-bond donors (Lipinski definition) is 0. The van der Waals surface area contributed by atoms with Gasteiger partial charge in [0.25, 0.3) is 0 Å². The summed E-state index contributed by atoms with van der Waals surface area (Å²) in [5.41, 5.74) is 6.91. The van der Waals surface area contributed by atoms with Crippen molar-refractivity contribution < 1.29 is 14.0 Å². The zero-order valence-corrected chi connectivity index (χ0v) is 28.2. The number of rotatable bonds is 11. The van der Waals surface area contributed by atoms with Crippen LogP contribution in [-0.2, 0) is 14.0 Å². The second kappa shape index (κ2) is 12.6. The molecule has 1 aromatic carbocycles. The summed E-state index contributed by atoms with van der Waals surface area (Å²) in [6.07, 6.45) is 4.36. The largest absolute Gasteiger partial charge is 0.408 e. The van der Waals surface area contributed by atoms with Crippen molar-refractivity contribution in [2.75, 3.05) is 6.54 Å². The fraction of sp³-hybridized carbons (Fsp3) is 0.735. The minimum atomic E-state index is -2.14. The quantitative estimate of drug-likeness (QED) is 0.202. The molecular formula is C34H57NO3Si. The summed E-state index contributed by atoms with van der Waals surface area (Å²) >= 11 is 0. The zero-order chi connectivity index (χ0) is 29.4. The predicted octanol–water partition coefficient (Wildman–Crippen LogP) is 9.23. The third-order valence-corrected chi connectivity index (χ3v) is 15.5. The Balaban J connectivity index is 2.01. The number of carbonyl (C=O) groups is 1. The molecule has 39 heavy (non-hydrogen) atoms. The molecule has 0 unspecified atom stereocenters. The van der Waals surface area contributed by atoms with Gasteiger partial charge in [-0.05, 0) is 63.6 Å². The van der Waals surface area contributed by atoms with E-state index in [-0.39, 0.29) is 30.3 Å². The first-order valence-corrected chi connectivity index (χ1v) is 17.7. The van der Waals surface area contributed by atoms with Crippen LogP contribution < -0.4 is 0 Å². The molecule has 2 heterocycles. The van der Waals surface area contributed by atoms with Crippen molar-refractivity contribution in [3.05, 3.63) is 46.5 Å². The van der Waals surface area contributed by atoms with Gasteiger partial charge < -0.3 is 14.1 Å². The topological polar surface area (TPSA) is 38.8 Å². The Bertz CT molecular complexity index is 974. The Morgan fingerprint density at radius 3 is 1.74 bits per heavy atom. The van der Waals surface area contributed by atoms with Crippen LogP contribution in [0, 0.1) is 0 Å². The highest BCUT2D eigenvalue weighted by atomic mass is 28.4. The van der Waals surface area contributed by atoms with Crippen LogP contribution >= 0.6 is 0 Å². The summed E-state index contributed by atoms with van der Waals surface area (Å²) in [7, 11) is -2.14. The molecule has 4 atom stereocenters. The summed E-state index contributed by atoms with van der Waals surface area (Å²) < 4.78 is 14.3. The van der Waals surface area contributed by atoms with E-state index in [4.69, 9.17) is 9.16 Å². The van der Waals surface area contributed by atoms with Crippen LogP contribution in [0.4, 0.5) is 0 Å². The minimum Gasteiger partial charge on any atom is -0.408 e. The van der Waals surface area contributed by atoms with Crippen LogP contribution in [-0.4, -0.2) is 43.9 Å². The van der Waals surface area contributed by atoms with Gasteiger partial charge in [0.1, 0.15) is 0 Å². The van der Waals surface area contributed by atoms with Crippen molar-refractivity contribution in [2.45, 2.75) is 155 Å². The molecule has 1 aromatic rings. The maximum atomic E-state index is 13.3. The van der Waals surface area contributed by atoms with Crippen LogP contribution in [0.15, 0.2) is 24.3 Å². The van der Waals surface area contributed by atoms with Crippen LogP contribution in [0.2, 0.25) is 16.6 Å². The van der Waals surface area contributed by atoms with Crippen LogP contribution in [0.3, 0.4) is 0 Å². The van der Waals surface area contributed by atoms with E-state index in [0.717, 1.165) is 0 Å². The van der Waals surface area contributed by atoms with Gasteiger partial charge in [0.05, 0.1) is 30.8 Å². The number of carbonyl (C=O) groups excluding carboxylic acids is 1. The smallest absolute Gasteiger partial charge is 0.225 e.